The van der Waals surface area contributed by atoms with Gasteiger partial charge in [-0.2, -0.15) is 0 Å². The van der Waals surface area contributed by atoms with Crippen molar-refractivity contribution in [2.75, 3.05) is 0 Å². The van der Waals surface area contributed by atoms with Crippen LogP contribution in [0.3, 0.4) is 0 Å². The van der Waals surface area contributed by atoms with Crippen molar-refractivity contribution in [1.29, 1.82) is 0 Å². The van der Waals surface area contributed by atoms with Gasteiger partial charge in [-0.15, -0.1) is 11.6 Å². The molecule has 0 atom stereocenters. The maximum Gasteiger partial charge on any atom is 0.288 e. The molecule has 0 heterocycles. The molecular formula is C13H8Cl3NO3. The highest BCUT2D eigenvalue weighted by molar-refractivity contribution is 6.33. The molecule has 4 nitrogen and oxygen atoms in total. The van der Waals surface area contributed by atoms with E-state index in [0.717, 1.165) is 0 Å². The molecule has 20 heavy (non-hydrogen) atoms. The molecule has 0 unspecified atom stereocenters. The summed E-state index contributed by atoms with van der Waals surface area (Å²) in [5.41, 5.74) is 0.532. The predicted molar refractivity (Wildman–Crippen MR) is 79.2 cm³/mol. The van der Waals surface area contributed by atoms with Gasteiger partial charge in [0.15, 0.2) is 0 Å². The summed E-state index contributed by atoms with van der Waals surface area (Å²) in [5.74, 6) is 0.991. The van der Waals surface area contributed by atoms with E-state index >= 15 is 0 Å². The summed E-state index contributed by atoms with van der Waals surface area (Å²) in [4.78, 5) is 10.1. The minimum absolute atomic E-state index is 0.00743. The van der Waals surface area contributed by atoms with E-state index in [1.54, 1.807) is 18.2 Å². The molecule has 0 amide bonds. The molecule has 0 aliphatic carbocycles. The smallest absolute Gasteiger partial charge is 0.288 e. The summed E-state index contributed by atoms with van der Waals surface area (Å²) < 4.78 is 5.62. The van der Waals surface area contributed by atoms with Crippen LogP contribution < -0.4 is 4.74 Å². The van der Waals surface area contributed by atoms with Crippen LogP contribution in [-0.4, -0.2) is 4.92 Å². The Morgan fingerprint density at radius 2 is 1.90 bits per heavy atom. The van der Waals surface area contributed by atoms with Crippen LogP contribution in [0.2, 0.25) is 10.0 Å². The van der Waals surface area contributed by atoms with E-state index in [9.17, 15) is 10.1 Å². The number of nitro benzene ring substituents is 1. The van der Waals surface area contributed by atoms with Crippen LogP contribution in [0.1, 0.15) is 5.56 Å². The summed E-state index contributed by atoms with van der Waals surface area (Å²) in [7, 11) is 0. The number of hydrogen-bond acceptors (Lipinski definition) is 3. The van der Waals surface area contributed by atoms with Gasteiger partial charge in [-0.25, -0.2) is 0 Å². The first-order valence-electron chi connectivity index (χ1n) is 5.48. The number of halogens is 3. The van der Waals surface area contributed by atoms with Crippen LogP contribution in [0.4, 0.5) is 5.69 Å². The first-order valence-corrected chi connectivity index (χ1v) is 6.77. The monoisotopic (exact) mass is 331 g/mol. The van der Waals surface area contributed by atoms with Crippen molar-refractivity contribution in [2.45, 2.75) is 5.88 Å². The lowest BCUT2D eigenvalue weighted by Gasteiger charge is -2.11. The molecule has 0 aliphatic heterocycles. The van der Waals surface area contributed by atoms with Crippen molar-refractivity contribution in [2.24, 2.45) is 0 Å². The first kappa shape index (κ1) is 14.9. The topological polar surface area (TPSA) is 52.4 Å². The van der Waals surface area contributed by atoms with E-state index in [2.05, 4.69) is 0 Å². The number of nitrogens with zero attached hydrogens (tertiary/aromatic N) is 1. The summed E-state index contributed by atoms with van der Waals surface area (Å²) in [5, 5.41) is 11.1. The molecule has 0 saturated carbocycles. The van der Waals surface area contributed by atoms with Crippen LogP contribution in [0, 0.1) is 10.1 Å². The Kier molecular flexibility index (Phi) is 4.70. The van der Waals surface area contributed by atoms with Gasteiger partial charge in [-0.1, -0.05) is 35.3 Å². The highest BCUT2D eigenvalue weighted by atomic mass is 35.5. The second-order valence-corrected chi connectivity index (χ2v) is 4.92. The Hall–Kier alpha value is -1.49. The summed E-state index contributed by atoms with van der Waals surface area (Å²) >= 11 is 17.7. The minimum Gasteiger partial charge on any atom is -0.455 e. The molecule has 2 aromatic rings. The summed E-state index contributed by atoms with van der Waals surface area (Å²) in [6.45, 7) is 0. The van der Waals surface area contributed by atoms with E-state index < -0.39 is 4.92 Å². The Morgan fingerprint density at radius 1 is 1.15 bits per heavy atom. The molecule has 0 aliphatic rings. The fourth-order valence-corrected chi connectivity index (χ4v) is 2.27. The van der Waals surface area contributed by atoms with Crippen molar-refractivity contribution in [3.8, 4) is 11.5 Å². The van der Waals surface area contributed by atoms with Crippen LogP contribution >= 0.6 is 34.8 Å². The van der Waals surface area contributed by atoms with Gasteiger partial charge in [0, 0.05) is 17.7 Å². The number of alkyl halides is 1. The average Bonchev–Trinajstić information content (AvgIpc) is 2.40. The summed E-state index contributed by atoms with van der Waals surface area (Å²) in [6, 6.07) is 9.29. The Labute approximate surface area is 130 Å². The van der Waals surface area contributed by atoms with Gasteiger partial charge in [0.1, 0.15) is 16.5 Å². The van der Waals surface area contributed by atoms with Crippen LogP contribution in [0.25, 0.3) is 0 Å². The molecule has 2 rings (SSSR count). The van der Waals surface area contributed by atoms with Crippen LogP contribution in [0.15, 0.2) is 36.4 Å². The lowest BCUT2D eigenvalue weighted by molar-refractivity contribution is -0.384. The van der Waals surface area contributed by atoms with Gasteiger partial charge < -0.3 is 4.74 Å². The van der Waals surface area contributed by atoms with Gasteiger partial charge in [0.2, 0.25) is 0 Å². The Bertz CT molecular complexity index is 661. The number of ether oxygens (including phenoxy) is 1. The molecule has 0 N–H and O–H groups in total. The number of nitro groups is 1. The molecule has 0 bridgehead atoms. The van der Waals surface area contributed by atoms with Crippen molar-refractivity contribution in [3.63, 3.8) is 0 Å². The standard InChI is InChI=1S/C13H8Cl3NO3/c14-7-8-2-1-3-10(15)13(8)20-9-4-5-12(17(18)19)11(16)6-9/h1-6H,7H2. The molecule has 104 valence electrons. The first-order chi connectivity index (χ1) is 9.52. The number of hydrogen-bond donors (Lipinski definition) is 0. The molecule has 0 spiro atoms. The quantitative estimate of drug-likeness (QED) is 0.426. The molecule has 0 aromatic heterocycles. The normalized spacial score (nSPS) is 10.3. The second-order valence-electron chi connectivity index (χ2n) is 3.83. The molecular weight excluding hydrogens is 325 g/mol. The zero-order valence-electron chi connectivity index (χ0n) is 9.98. The maximum absolute atomic E-state index is 10.7. The van der Waals surface area contributed by atoms with Gasteiger partial charge in [-0.3, -0.25) is 10.1 Å². The molecule has 0 saturated heterocycles. The van der Waals surface area contributed by atoms with E-state index in [4.69, 9.17) is 39.5 Å². The Morgan fingerprint density at radius 3 is 2.50 bits per heavy atom. The van der Waals surface area contributed by atoms with Crippen molar-refractivity contribution in [1.82, 2.24) is 0 Å². The predicted octanol–water partition coefficient (Wildman–Crippen LogP) is 5.43. The number of rotatable bonds is 4. The largest absolute Gasteiger partial charge is 0.455 e. The third-order valence-electron chi connectivity index (χ3n) is 2.53. The fourth-order valence-electron chi connectivity index (χ4n) is 1.59. The number of para-hydroxylation sites is 1. The van der Waals surface area contributed by atoms with E-state index in [1.807, 2.05) is 0 Å². The van der Waals surface area contributed by atoms with Crippen molar-refractivity contribution >= 4 is 40.5 Å². The van der Waals surface area contributed by atoms with Crippen LogP contribution in [0.5, 0.6) is 11.5 Å². The highest BCUT2D eigenvalue weighted by Crippen LogP contribution is 2.36. The molecule has 0 fully saturated rings. The zero-order chi connectivity index (χ0) is 14.7. The third kappa shape index (κ3) is 3.15. The fraction of sp³-hybridized carbons (Fsp3) is 0.0769. The molecule has 0 radical (unpaired) electrons. The maximum atomic E-state index is 10.7. The van der Waals surface area contributed by atoms with Gasteiger partial charge in [0.25, 0.3) is 5.69 Å². The zero-order valence-corrected chi connectivity index (χ0v) is 12.2. The van der Waals surface area contributed by atoms with Gasteiger partial charge >= 0.3 is 0 Å². The van der Waals surface area contributed by atoms with E-state index in [1.165, 1.54) is 18.2 Å². The van der Waals surface area contributed by atoms with Crippen molar-refractivity contribution < 1.29 is 9.66 Å². The SMILES string of the molecule is O=[N+]([O-])c1ccc(Oc2c(Cl)cccc2CCl)cc1Cl. The minimum atomic E-state index is -0.564. The van der Waals surface area contributed by atoms with Gasteiger partial charge in [0.05, 0.1) is 15.8 Å². The number of benzene rings is 2. The second kappa shape index (κ2) is 6.31. The molecule has 7 heteroatoms. The van der Waals surface area contributed by atoms with Gasteiger partial charge in [-0.05, 0) is 12.1 Å². The van der Waals surface area contributed by atoms with Crippen molar-refractivity contribution in [3.05, 3.63) is 62.1 Å². The highest BCUT2D eigenvalue weighted by Gasteiger charge is 2.14. The van der Waals surface area contributed by atoms with Crippen LogP contribution in [-0.2, 0) is 5.88 Å². The third-order valence-corrected chi connectivity index (χ3v) is 3.42. The lowest BCUT2D eigenvalue weighted by atomic mass is 10.2. The lowest BCUT2D eigenvalue weighted by Crippen LogP contribution is -1.93. The molecule has 2 aromatic carbocycles. The average molecular weight is 333 g/mol. The Balaban J connectivity index is 2.36. The van der Waals surface area contributed by atoms with E-state index in [-0.39, 0.29) is 16.6 Å². The van der Waals surface area contributed by atoms with E-state index in [0.29, 0.717) is 22.1 Å². The summed E-state index contributed by atoms with van der Waals surface area (Å²) in [6.07, 6.45) is 0.